The Bertz CT molecular complexity index is 1130. The average Bonchev–Trinajstić information content (AvgIpc) is 3.24. The highest BCUT2D eigenvalue weighted by Crippen LogP contribution is 2.31. The van der Waals surface area contributed by atoms with Crippen LogP contribution in [0.25, 0.3) is 17.2 Å². The second kappa shape index (κ2) is 7.08. The van der Waals surface area contributed by atoms with Crippen molar-refractivity contribution in [3.63, 3.8) is 0 Å². The minimum Gasteiger partial charge on any atom is -0.497 e. The molecular weight excluding hydrogens is 486 g/mol. The number of nitrogens with zero attached hydrogens (tertiary/aromatic N) is 5. The van der Waals surface area contributed by atoms with E-state index in [0.717, 1.165) is 5.56 Å². The molecule has 0 radical (unpaired) electrons. The van der Waals surface area contributed by atoms with Gasteiger partial charge in [-0.1, -0.05) is 18.2 Å². The molecule has 3 heterocycles. The smallest absolute Gasteiger partial charge is 0.453 e. The minimum absolute atomic E-state index is 0.0660. The highest BCUT2D eigenvalue weighted by molar-refractivity contribution is 14.1. The number of benzene rings is 1. The van der Waals surface area contributed by atoms with E-state index in [-0.39, 0.29) is 12.4 Å². The van der Waals surface area contributed by atoms with Crippen molar-refractivity contribution >= 4 is 28.2 Å². The number of aromatic nitrogens is 5. The van der Waals surface area contributed by atoms with Gasteiger partial charge in [0, 0.05) is 6.20 Å². The van der Waals surface area contributed by atoms with Crippen LogP contribution in [0.15, 0.2) is 48.7 Å². The fraction of sp³-hybridized carbons (Fsp3) is 0.167. The maximum absolute atomic E-state index is 13.3. The number of hydrogen-bond acceptors (Lipinski definition) is 4. The van der Waals surface area contributed by atoms with Gasteiger partial charge < -0.3 is 4.74 Å². The van der Waals surface area contributed by atoms with E-state index in [1.165, 1.54) is 4.68 Å². The molecule has 1 aromatic carbocycles. The third-order valence-corrected chi connectivity index (χ3v) is 5.13. The maximum atomic E-state index is 13.3. The largest absolute Gasteiger partial charge is 0.497 e. The Morgan fingerprint density at radius 1 is 1.07 bits per heavy atom. The first-order valence-electron chi connectivity index (χ1n) is 8.15. The Hall–Kier alpha value is -2.63. The van der Waals surface area contributed by atoms with Gasteiger partial charge in [0.05, 0.1) is 13.7 Å². The summed E-state index contributed by atoms with van der Waals surface area (Å²) in [4.78, 5) is 8.21. The molecule has 0 aliphatic rings. The Kier molecular flexibility index (Phi) is 4.73. The molecule has 0 unspecified atom stereocenters. The molecule has 4 rings (SSSR count). The number of ether oxygens (including phenoxy) is 1. The molecule has 0 aliphatic heterocycles. The summed E-state index contributed by atoms with van der Waals surface area (Å²) in [6, 6.07) is 12.4. The molecule has 0 saturated heterocycles. The molecule has 0 aliphatic carbocycles. The molecule has 0 N–H and O–H groups in total. The van der Waals surface area contributed by atoms with Gasteiger partial charge >= 0.3 is 6.18 Å². The summed E-state index contributed by atoms with van der Waals surface area (Å²) in [7, 11) is 1.55. The average molecular weight is 499 g/mol. The first kappa shape index (κ1) is 18.7. The molecule has 28 heavy (non-hydrogen) atoms. The van der Waals surface area contributed by atoms with Crippen LogP contribution in [0.1, 0.15) is 11.4 Å². The Morgan fingerprint density at radius 3 is 2.46 bits per heavy atom. The van der Waals surface area contributed by atoms with Crippen LogP contribution in [0, 0.1) is 3.70 Å². The normalized spacial score (nSPS) is 11.9. The van der Waals surface area contributed by atoms with Crippen molar-refractivity contribution in [2.45, 2.75) is 12.7 Å². The monoisotopic (exact) mass is 499 g/mol. The number of hydrogen-bond donors (Lipinski definition) is 0. The van der Waals surface area contributed by atoms with E-state index >= 15 is 0 Å². The van der Waals surface area contributed by atoms with Crippen molar-refractivity contribution in [1.29, 1.82) is 0 Å². The summed E-state index contributed by atoms with van der Waals surface area (Å²) in [6.45, 7) is 0.117. The van der Waals surface area contributed by atoms with E-state index in [2.05, 4.69) is 15.1 Å². The van der Waals surface area contributed by atoms with Crippen molar-refractivity contribution in [3.8, 4) is 17.3 Å². The first-order chi connectivity index (χ1) is 13.4. The third-order valence-electron chi connectivity index (χ3n) is 4.10. The predicted molar refractivity (Wildman–Crippen MR) is 104 cm³/mol. The van der Waals surface area contributed by atoms with Crippen molar-refractivity contribution in [2.75, 3.05) is 7.11 Å². The lowest BCUT2D eigenvalue weighted by Gasteiger charge is -2.06. The van der Waals surface area contributed by atoms with Crippen molar-refractivity contribution in [3.05, 3.63) is 63.7 Å². The van der Waals surface area contributed by atoms with Crippen molar-refractivity contribution < 1.29 is 17.9 Å². The van der Waals surface area contributed by atoms with Gasteiger partial charge in [0.2, 0.25) is 0 Å². The molecule has 0 bridgehead atoms. The number of fused-ring (bicyclic) bond motifs is 1. The van der Waals surface area contributed by atoms with Crippen LogP contribution in [0.5, 0.6) is 5.75 Å². The van der Waals surface area contributed by atoms with Crippen LogP contribution >= 0.6 is 22.6 Å². The number of alkyl halides is 3. The standard InChI is InChI=1S/C18H13F3IN5O/c1-28-12-7-5-11(6-8-12)10-27-16(24-17(25-27)18(19,20)21)14-15(22)26-9-3-2-4-13(26)23-14/h2-9H,10H2,1H3. The Balaban J connectivity index is 1.82. The molecule has 0 amide bonds. The summed E-state index contributed by atoms with van der Waals surface area (Å²) < 4.78 is 48.6. The predicted octanol–water partition coefficient (Wildman–Crippen LogP) is 4.27. The molecule has 6 nitrogen and oxygen atoms in total. The highest BCUT2D eigenvalue weighted by atomic mass is 127. The SMILES string of the molecule is COc1ccc(Cn2nc(C(F)(F)F)nc2-c2nc3ccccn3c2I)cc1. The Labute approximate surface area is 171 Å². The quantitative estimate of drug-likeness (QED) is 0.394. The van der Waals surface area contributed by atoms with Gasteiger partial charge in [-0.25, -0.2) is 14.6 Å². The van der Waals surface area contributed by atoms with Gasteiger partial charge in [-0.05, 0) is 52.4 Å². The number of methoxy groups -OCH3 is 1. The van der Waals surface area contributed by atoms with E-state index in [4.69, 9.17) is 4.74 Å². The maximum Gasteiger partial charge on any atom is 0.453 e. The lowest BCUT2D eigenvalue weighted by Crippen LogP contribution is -2.09. The molecule has 0 saturated carbocycles. The summed E-state index contributed by atoms with van der Waals surface area (Å²) >= 11 is 2.05. The van der Waals surface area contributed by atoms with Gasteiger partial charge in [-0.2, -0.15) is 13.2 Å². The lowest BCUT2D eigenvalue weighted by atomic mass is 10.2. The fourth-order valence-electron chi connectivity index (χ4n) is 2.76. The topological polar surface area (TPSA) is 57.2 Å². The zero-order valence-corrected chi connectivity index (χ0v) is 16.6. The van der Waals surface area contributed by atoms with Crippen LogP contribution in [0.2, 0.25) is 0 Å². The second-order valence-electron chi connectivity index (χ2n) is 5.94. The molecular formula is C18H13F3IN5O. The van der Waals surface area contributed by atoms with Crippen LogP contribution < -0.4 is 4.74 Å². The molecule has 144 valence electrons. The van der Waals surface area contributed by atoms with E-state index < -0.39 is 12.0 Å². The molecule has 0 spiro atoms. The van der Waals surface area contributed by atoms with E-state index in [1.54, 1.807) is 48.0 Å². The van der Waals surface area contributed by atoms with Crippen LogP contribution in [0.4, 0.5) is 13.2 Å². The second-order valence-corrected chi connectivity index (χ2v) is 6.96. The molecule has 0 fully saturated rings. The molecule has 4 aromatic rings. The fourth-order valence-corrected chi connectivity index (χ4v) is 3.53. The number of pyridine rings is 1. The lowest BCUT2D eigenvalue weighted by molar-refractivity contribution is -0.144. The number of imidazole rings is 1. The molecule has 3 aromatic heterocycles. The zero-order valence-electron chi connectivity index (χ0n) is 14.5. The first-order valence-corrected chi connectivity index (χ1v) is 9.22. The number of rotatable bonds is 4. The van der Waals surface area contributed by atoms with Gasteiger partial charge in [0.25, 0.3) is 5.82 Å². The van der Waals surface area contributed by atoms with Gasteiger partial charge in [-0.3, -0.25) is 4.40 Å². The summed E-state index contributed by atoms with van der Waals surface area (Å²) in [5.74, 6) is -0.464. The van der Waals surface area contributed by atoms with Crippen LogP contribution in [-0.2, 0) is 12.7 Å². The summed E-state index contributed by atoms with van der Waals surface area (Å²) in [5, 5.41) is 3.70. The third kappa shape index (κ3) is 3.43. The molecule has 10 heteroatoms. The van der Waals surface area contributed by atoms with E-state index in [0.29, 0.717) is 20.8 Å². The highest BCUT2D eigenvalue weighted by Gasteiger charge is 2.38. The van der Waals surface area contributed by atoms with E-state index in [1.807, 2.05) is 34.7 Å². The minimum atomic E-state index is -4.65. The van der Waals surface area contributed by atoms with Gasteiger partial charge in [0.1, 0.15) is 20.8 Å². The van der Waals surface area contributed by atoms with Gasteiger partial charge in [-0.15, -0.1) is 5.10 Å². The Morgan fingerprint density at radius 2 is 1.82 bits per heavy atom. The number of halogens is 4. The molecule has 0 atom stereocenters. The van der Waals surface area contributed by atoms with Crippen LogP contribution in [-0.4, -0.2) is 31.3 Å². The van der Waals surface area contributed by atoms with Gasteiger partial charge in [0.15, 0.2) is 5.82 Å². The van der Waals surface area contributed by atoms with Crippen molar-refractivity contribution in [1.82, 2.24) is 24.1 Å². The summed E-state index contributed by atoms with van der Waals surface area (Å²) in [5.41, 5.74) is 1.73. The zero-order chi connectivity index (χ0) is 19.9. The summed E-state index contributed by atoms with van der Waals surface area (Å²) in [6.07, 6.45) is -2.85. The van der Waals surface area contributed by atoms with Crippen LogP contribution in [0.3, 0.4) is 0 Å². The van der Waals surface area contributed by atoms with E-state index in [9.17, 15) is 13.2 Å². The van der Waals surface area contributed by atoms with Crippen molar-refractivity contribution in [2.24, 2.45) is 0 Å².